The minimum atomic E-state index is -0.349. The first-order valence-electron chi connectivity index (χ1n) is 6.60. The SMILES string of the molecule is COC(=O)CCN(C)C(=O)c1cccc(C#CCCO)c1. The van der Waals surface area contributed by atoms with Crippen molar-refractivity contribution in [2.24, 2.45) is 0 Å². The Kier molecular flexibility index (Phi) is 6.99. The fourth-order valence-corrected chi connectivity index (χ4v) is 1.63. The van der Waals surface area contributed by atoms with Crippen LogP contribution in [0.4, 0.5) is 0 Å². The molecule has 0 fully saturated rings. The van der Waals surface area contributed by atoms with Gasteiger partial charge in [-0.15, -0.1) is 0 Å². The minimum absolute atomic E-state index is 0.0158. The van der Waals surface area contributed by atoms with Crippen molar-refractivity contribution in [2.45, 2.75) is 12.8 Å². The van der Waals surface area contributed by atoms with E-state index in [0.29, 0.717) is 18.5 Å². The molecule has 0 spiro atoms. The molecule has 0 bridgehead atoms. The fourth-order valence-electron chi connectivity index (χ4n) is 1.63. The number of benzene rings is 1. The van der Waals surface area contributed by atoms with Crippen molar-refractivity contribution in [1.29, 1.82) is 0 Å². The molecule has 112 valence electrons. The number of aliphatic hydroxyl groups excluding tert-OH is 1. The quantitative estimate of drug-likeness (QED) is 0.650. The van der Waals surface area contributed by atoms with Crippen molar-refractivity contribution in [1.82, 2.24) is 4.90 Å². The lowest BCUT2D eigenvalue weighted by Crippen LogP contribution is -2.29. The summed E-state index contributed by atoms with van der Waals surface area (Å²) in [6.45, 7) is 0.313. The second-order valence-electron chi connectivity index (χ2n) is 4.41. The molecule has 0 aromatic heterocycles. The fraction of sp³-hybridized carbons (Fsp3) is 0.375. The number of carbonyl (C=O) groups excluding carboxylic acids is 2. The van der Waals surface area contributed by atoms with Gasteiger partial charge in [-0.3, -0.25) is 9.59 Å². The van der Waals surface area contributed by atoms with Crippen molar-refractivity contribution >= 4 is 11.9 Å². The molecule has 1 aromatic carbocycles. The summed E-state index contributed by atoms with van der Waals surface area (Å²) in [6.07, 6.45) is 0.561. The molecular formula is C16H19NO4. The molecule has 0 saturated carbocycles. The van der Waals surface area contributed by atoms with Gasteiger partial charge in [0.15, 0.2) is 0 Å². The number of ether oxygens (including phenoxy) is 1. The van der Waals surface area contributed by atoms with Gasteiger partial charge in [0, 0.05) is 31.1 Å². The summed E-state index contributed by atoms with van der Waals surface area (Å²) in [5.41, 5.74) is 1.23. The van der Waals surface area contributed by atoms with E-state index in [1.165, 1.54) is 12.0 Å². The largest absolute Gasteiger partial charge is 0.469 e. The third-order valence-electron chi connectivity index (χ3n) is 2.80. The van der Waals surface area contributed by atoms with Gasteiger partial charge in [-0.25, -0.2) is 0 Å². The molecule has 5 nitrogen and oxygen atoms in total. The number of hydrogen-bond donors (Lipinski definition) is 1. The molecule has 0 saturated heterocycles. The molecule has 0 aliphatic heterocycles. The molecule has 0 atom stereocenters. The molecule has 1 aromatic rings. The Morgan fingerprint density at radius 1 is 1.38 bits per heavy atom. The predicted molar refractivity (Wildman–Crippen MR) is 78.6 cm³/mol. The third-order valence-corrected chi connectivity index (χ3v) is 2.80. The number of nitrogens with zero attached hydrogens (tertiary/aromatic N) is 1. The van der Waals surface area contributed by atoms with Crippen LogP contribution in [0.3, 0.4) is 0 Å². The van der Waals surface area contributed by atoms with E-state index in [2.05, 4.69) is 16.6 Å². The number of hydrogen-bond acceptors (Lipinski definition) is 4. The van der Waals surface area contributed by atoms with E-state index in [-0.39, 0.29) is 24.9 Å². The Morgan fingerprint density at radius 3 is 2.81 bits per heavy atom. The standard InChI is InChI=1S/C16H19NO4/c1-17(10-9-15(19)21-2)16(20)14-8-5-7-13(12-14)6-3-4-11-18/h5,7-8,12,18H,4,9-11H2,1-2H3. The van der Waals surface area contributed by atoms with Crippen LogP contribution < -0.4 is 0 Å². The lowest BCUT2D eigenvalue weighted by molar-refractivity contribution is -0.140. The Bertz CT molecular complexity index is 557. The zero-order valence-corrected chi connectivity index (χ0v) is 12.3. The van der Waals surface area contributed by atoms with E-state index in [0.717, 1.165) is 5.56 Å². The lowest BCUT2D eigenvalue weighted by atomic mass is 10.1. The second-order valence-corrected chi connectivity index (χ2v) is 4.41. The summed E-state index contributed by atoms with van der Waals surface area (Å²) in [4.78, 5) is 24.8. The highest BCUT2D eigenvalue weighted by atomic mass is 16.5. The molecule has 1 rings (SSSR count). The lowest BCUT2D eigenvalue weighted by Gasteiger charge is -2.16. The number of rotatable bonds is 5. The second kappa shape index (κ2) is 8.77. The number of aliphatic hydroxyl groups is 1. The van der Waals surface area contributed by atoms with Gasteiger partial charge >= 0.3 is 5.97 Å². The summed E-state index contributed by atoms with van der Waals surface area (Å²) < 4.78 is 4.54. The van der Waals surface area contributed by atoms with Crippen molar-refractivity contribution in [2.75, 3.05) is 27.3 Å². The predicted octanol–water partition coefficient (Wildman–Crippen LogP) is 1.06. The number of methoxy groups -OCH3 is 1. The third kappa shape index (κ3) is 5.67. The van der Waals surface area contributed by atoms with Crippen LogP contribution in [0.5, 0.6) is 0 Å². The van der Waals surface area contributed by atoms with Crippen LogP contribution in [-0.2, 0) is 9.53 Å². The first-order valence-corrected chi connectivity index (χ1v) is 6.60. The summed E-state index contributed by atoms with van der Waals surface area (Å²) in [6, 6.07) is 6.95. The first-order chi connectivity index (χ1) is 10.1. The van der Waals surface area contributed by atoms with Crippen LogP contribution in [0.1, 0.15) is 28.8 Å². The molecular weight excluding hydrogens is 270 g/mol. The van der Waals surface area contributed by atoms with E-state index < -0.39 is 0 Å². The number of amides is 1. The maximum Gasteiger partial charge on any atom is 0.307 e. The molecule has 0 unspecified atom stereocenters. The van der Waals surface area contributed by atoms with Gasteiger partial charge in [0.05, 0.1) is 20.1 Å². The van der Waals surface area contributed by atoms with Gasteiger partial charge in [0.25, 0.3) is 5.91 Å². The van der Waals surface area contributed by atoms with E-state index in [1.807, 2.05) is 0 Å². The van der Waals surface area contributed by atoms with Crippen LogP contribution in [-0.4, -0.2) is 49.2 Å². The molecule has 1 N–H and O–H groups in total. The van der Waals surface area contributed by atoms with E-state index in [1.54, 1.807) is 31.3 Å². The van der Waals surface area contributed by atoms with Gasteiger partial charge in [-0.2, -0.15) is 0 Å². The van der Waals surface area contributed by atoms with Gasteiger partial charge in [-0.1, -0.05) is 17.9 Å². The number of carbonyl (C=O) groups is 2. The molecule has 5 heteroatoms. The maximum absolute atomic E-state index is 12.2. The highest BCUT2D eigenvalue weighted by Crippen LogP contribution is 2.07. The minimum Gasteiger partial charge on any atom is -0.469 e. The Labute approximate surface area is 124 Å². The van der Waals surface area contributed by atoms with Gasteiger partial charge < -0.3 is 14.7 Å². The highest BCUT2D eigenvalue weighted by molar-refractivity contribution is 5.94. The zero-order chi connectivity index (χ0) is 15.7. The van der Waals surface area contributed by atoms with Crippen molar-refractivity contribution in [3.8, 4) is 11.8 Å². The first kappa shape index (κ1) is 16.7. The monoisotopic (exact) mass is 289 g/mol. The average molecular weight is 289 g/mol. The van der Waals surface area contributed by atoms with Crippen LogP contribution in [0.15, 0.2) is 24.3 Å². The molecule has 0 aliphatic carbocycles. The van der Waals surface area contributed by atoms with E-state index in [4.69, 9.17) is 5.11 Å². The van der Waals surface area contributed by atoms with E-state index in [9.17, 15) is 9.59 Å². The van der Waals surface area contributed by atoms with Crippen LogP contribution in [0.2, 0.25) is 0 Å². The molecule has 21 heavy (non-hydrogen) atoms. The topological polar surface area (TPSA) is 66.8 Å². The van der Waals surface area contributed by atoms with Gasteiger partial charge in [0.2, 0.25) is 0 Å². The van der Waals surface area contributed by atoms with Gasteiger partial charge in [-0.05, 0) is 18.2 Å². The molecule has 1 amide bonds. The average Bonchev–Trinajstić information content (AvgIpc) is 2.52. The normalized spacial score (nSPS) is 9.48. The Hall–Kier alpha value is -2.32. The van der Waals surface area contributed by atoms with E-state index >= 15 is 0 Å². The van der Waals surface area contributed by atoms with Crippen LogP contribution in [0.25, 0.3) is 0 Å². The summed E-state index contributed by atoms with van der Waals surface area (Å²) in [5.74, 6) is 5.17. The van der Waals surface area contributed by atoms with Crippen LogP contribution in [0, 0.1) is 11.8 Å². The van der Waals surface area contributed by atoms with Crippen LogP contribution >= 0.6 is 0 Å². The van der Waals surface area contributed by atoms with Gasteiger partial charge in [0.1, 0.15) is 0 Å². The molecule has 0 heterocycles. The summed E-state index contributed by atoms with van der Waals surface area (Å²) >= 11 is 0. The maximum atomic E-state index is 12.2. The Balaban J connectivity index is 2.72. The summed E-state index contributed by atoms with van der Waals surface area (Å²) in [5, 5.41) is 8.68. The zero-order valence-electron chi connectivity index (χ0n) is 12.3. The van der Waals surface area contributed by atoms with Crippen molar-refractivity contribution in [3.63, 3.8) is 0 Å². The molecule has 0 aliphatic rings. The summed E-state index contributed by atoms with van der Waals surface area (Å²) in [7, 11) is 2.95. The smallest absolute Gasteiger partial charge is 0.307 e. The van der Waals surface area contributed by atoms with Crippen molar-refractivity contribution < 1.29 is 19.4 Å². The Morgan fingerprint density at radius 2 is 2.14 bits per heavy atom. The highest BCUT2D eigenvalue weighted by Gasteiger charge is 2.13. The number of esters is 1. The molecule has 0 radical (unpaired) electrons. The van der Waals surface area contributed by atoms with Crippen molar-refractivity contribution in [3.05, 3.63) is 35.4 Å².